The van der Waals surface area contributed by atoms with E-state index in [1.54, 1.807) is 22.7 Å². The highest BCUT2D eigenvalue weighted by atomic mass is 32.2. The summed E-state index contributed by atoms with van der Waals surface area (Å²) in [5, 5.41) is 0.361. The summed E-state index contributed by atoms with van der Waals surface area (Å²) >= 11 is 1.77. The number of aliphatic imine (C=N–C) groups is 1. The molecule has 0 aromatic heterocycles. The minimum atomic E-state index is -0.115. The highest BCUT2D eigenvalue weighted by molar-refractivity contribution is 7.99. The molecule has 0 saturated carbocycles. The van der Waals surface area contributed by atoms with Gasteiger partial charge in [0.15, 0.2) is 5.76 Å². The van der Waals surface area contributed by atoms with Gasteiger partial charge in [-0.05, 0) is 31.2 Å². The van der Waals surface area contributed by atoms with E-state index in [9.17, 15) is 4.79 Å². The van der Waals surface area contributed by atoms with Gasteiger partial charge in [-0.3, -0.25) is 9.69 Å². The Hall–Kier alpha value is -1.75. The number of likely N-dealkylation sites (N-methyl/N-ethyl adjacent to an activating group) is 1. The summed E-state index contributed by atoms with van der Waals surface area (Å²) in [5.74, 6) is 0.230. The van der Waals surface area contributed by atoms with Crippen molar-refractivity contribution in [3.63, 3.8) is 0 Å². The Morgan fingerprint density at radius 3 is 2.88 bits per heavy atom. The maximum absolute atomic E-state index is 12.5. The number of carbonyl (C=O) groups is 1. The number of thioether (sulfide) groups is 1. The number of rotatable bonds is 7. The summed E-state index contributed by atoms with van der Waals surface area (Å²) in [4.78, 5) is 18.5. The van der Waals surface area contributed by atoms with Crippen molar-refractivity contribution in [2.75, 3.05) is 19.3 Å². The molecule has 2 rings (SSSR count). The van der Waals surface area contributed by atoms with E-state index in [0.29, 0.717) is 30.1 Å². The van der Waals surface area contributed by atoms with Crippen molar-refractivity contribution in [3.8, 4) is 0 Å². The molecule has 0 aromatic rings. The summed E-state index contributed by atoms with van der Waals surface area (Å²) in [7, 11) is 0. The van der Waals surface area contributed by atoms with E-state index in [-0.39, 0.29) is 5.91 Å². The summed E-state index contributed by atoms with van der Waals surface area (Å²) < 4.78 is 5.74. The Kier molecular flexibility index (Phi) is 7.37. The largest absolute Gasteiger partial charge is 0.420 e. The molecule has 1 unspecified atom stereocenters. The van der Waals surface area contributed by atoms with Crippen LogP contribution in [0.5, 0.6) is 0 Å². The normalized spacial score (nSPS) is 23.8. The van der Waals surface area contributed by atoms with Crippen LogP contribution in [0.2, 0.25) is 0 Å². The zero-order chi connectivity index (χ0) is 17.4. The molecule has 1 amide bonds. The fourth-order valence-electron chi connectivity index (χ4n) is 2.45. The quantitative estimate of drug-likeness (QED) is 0.515. The molecule has 0 spiro atoms. The highest BCUT2D eigenvalue weighted by Crippen LogP contribution is 2.21. The van der Waals surface area contributed by atoms with Gasteiger partial charge < -0.3 is 4.74 Å². The molecule has 2 aliphatic rings. The second-order valence-corrected chi connectivity index (χ2v) is 6.66. The molecule has 0 bridgehead atoms. The van der Waals surface area contributed by atoms with Crippen molar-refractivity contribution in [2.45, 2.75) is 38.4 Å². The Morgan fingerprint density at radius 1 is 1.33 bits per heavy atom. The maximum Gasteiger partial charge on any atom is 0.300 e. The van der Waals surface area contributed by atoms with Gasteiger partial charge in [0.2, 0.25) is 0 Å². The zero-order valence-corrected chi connectivity index (χ0v) is 15.5. The van der Waals surface area contributed by atoms with Crippen LogP contribution < -0.4 is 0 Å². The lowest BCUT2D eigenvalue weighted by atomic mass is 10.2. The van der Waals surface area contributed by atoms with Gasteiger partial charge in [-0.1, -0.05) is 50.1 Å². The van der Waals surface area contributed by atoms with Crippen LogP contribution in [0.15, 0.2) is 52.8 Å². The number of ether oxygens (including phenoxy) is 1. The minimum Gasteiger partial charge on any atom is -0.420 e. The van der Waals surface area contributed by atoms with Crippen LogP contribution in [0, 0.1) is 0 Å². The number of nitrogens with zero attached hydrogens (tertiary/aromatic N) is 2. The van der Waals surface area contributed by atoms with Crippen molar-refractivity contribution in [2.24, 2.45) is 4.99 Å². The Balaban J connectivity index is 2.12. The van der Waals surface area contributed by atoms with E-state index in [0.717, 1.165) is 24.8 Å². The number of amidine groups is 1. The van der Waals surface area contributed by atoms with Crippen LogP contribution in [0.1, 0.15) is 33.1 Å². The Morgan fingerprint density at radius 2 is 2.17 bits per heavy atom. The van der Waals surface area contributed by atoms with Gasteiger partial charge in [0, 0.05) is 18.3 Å². The molecular formula is C19H26N2O2S. The fraction of sp³-hybridized carbons (Fsp3) is 0.474. The summed E-state index contributed by atoms with van der Waals surface area (Å²) in [6, 6.07) is 0.431. The second kappa shape index (κ2) is 9.52. The standard InChI is InChI=1S/C19H26N2O2S/c1-4-6-7-13-20-19-21(5-2)18(22)17(23-19)14-15-9-8-10-16(24-3)12-11-15/h8-12,14,16H,4-7,13H2,1-3H3/b17-14+,20-19?. The minimum absolute atomic E-state index is 0.115. The van der Waals surface area contributed by atoms with Gasteiger partial charge in [-0.2, -0.15) is 11.8 Å². The van der Waals surface area contributed by atoms with E-state index >= 15 is 0 Å². The summed E-state index contributed by atoms with van der Waals surface area (Å²) in [6.07, 6.45) is 17.5. The Labute approximate surface area is 149 Å². The topological polar surface area (TPSA) is 41.9 Å². The molecule has 0 aromatic carbocycles. The lowest BCUT2D eigenvalue weighted by molar-refractivity contribution is -0.122. The second-order valence-electron chi connectivity index (χ2n) is 5.64. The van der Waals surface area contributed by atoms with E-state index in [4.69, 9.17) is 4.74 Å². The van der Waals surface area contributed by atoms with Gasteiger partial charge >= 0.3 is 0 Å². The molecule has 0 N–H and O–H groups in total. The molecule has 1 saturated heterocycles. The average molecular weight is 346 g/mol. The number of amides is 1. The van der Waals surface area contributed by atoms with E-state index in [1.165, 1.54) is 0 Å². The maximum atomic E-state index is 12.5. The van der Waals surface area contributed by atoms with E-state index in [2.05, 4.69) is 30.3 Å². The monoisotopic (exact) mass is 346 g/mol. The van der Waals surface area contributed by atoms with Crippen LogP contribution in [-0.2, 0) is 9.53 Å². The molecule has 1 aliphatic carbocycles. The molecule has 24 heavy (non-hydrogen) atoms. The first-order valence-electron chi connectivity index (χ1n) is 8.55. The van der Waals surface area contributed by atoms with Crippen LogP contribution in [-0.4, -0.2) is 41.4 Å². The van der Waals surface area contributed by atoms with Crippen molar-refractivity contribution in [1.82, 2.24) is 4.90 Å². The Bertz CT molecular complexity index is 602. The van der Waals surface area contributed by atoms with Gasteiger partial charge in [0.1, 0.15) is 0 Å². The predicted octanol–water partition coefficient (Wildman–Crippen LogP) is 4.08. The fourth-order valence-corrected chi connectivity index (χ4v) is 2.93. The van der Waals surface area contributed by atoms with Gasteiger partial charge in [-0.25, -0.2) is 4.99 Å². The van der Waals surface area contributed by atoms with E-state index < -0.39 is 0 Å². The van der Waals surface area contributed by atoms with Crippen molar-refractivity contribution in [1.29, 1.82) is 0 Å². The first kappa shape index (κ1) is 18.6. The van der Waals surface area contributed by atoms with Crippen molar-refractivity contribution in [3.05, 3.63) is 47.8 Å². The molecule has 0 radical (unpaired) electrons. The molecule has 1 aliphatic heterocycles. The lowest BCUT2D eigenvalue weighted by Gasteiger charge is -2.09. The first-order chi connectivity index (χ1) is 11.7. The molecular weight excluding hydrogens is 320 g/mol. The number of carbonyl (C=O) groups excluding carboxylic acids is 1. The summed E-state index contributed by atoms with van der Waals surface area (Å²) in [5.41, 5.74) is 0.953. The van der Waals surface area contributed by atoms with Crippen molar-refractivity contribution < 1.29 is 9.53 Å². The number of hydrogen-bond donors (Lipinski definition) is 0. The number of allylic oxidation sites excluding steroid dienone is 5. The molecule has 130 valence electrons. The number of unbranched alkanes of at least 4 members (excludes halogenated alkanes) is 2. The molecule has 1 atom stereocenters. The zero-order valence-electron chi connectivity index (χ0n) is 14.7. The first-order valence-corrected chi connectivity index (χ1v) is 9.83. The smallest absolute Gasteiger partial charge is 0.300 e. The van der Waals surface area contributed by atoms with Crippen LogP contribution in [0.4, 0.5) is 0 Å². The summed E-state index contributed by atoms with van der Waals surface area (Å²) in [6.45, 7) is 5.35. The van der Waals surface area contributed by atoms with E-state index in [1.807, 2.05) is 25.2 Å². The third-order valence-electron chi connectivity index (χ3n) is 3.85. The molecule has 5 heteroatoms. The molecule has 1 heterocycles. The van der Waals surface area contributed by atoms with Crippen LogP contribution in [0.25, 0.3) is 0 Å². The predicted molar refractivity (Wildman–Crippen MR) is 102 cm³/mol. The van der Waals surface area contributed by atoms with Gasteiger partial charge in [-0.15, -0.1) is 0 Å². The van der Waals surface area contributed by atoms with Gasteiger partial charge in [0.25, 0.3) is 11.9 Å². The van der Waals surface area contributed by atoms with Crippen LogP contribution in [0.3, 0.4) is 0 Å². The van der Waals surface area contributed by atoms with Crippen LogP contribution >= 0.6 is 11.8 Å². The molecule has 1 fully saturated rings. The highest BCUT2D eigenvalue weighted by Gasteiger charge is 2.33. The van der Waals surface area contributed by atoms with Gasteiger partial charge in [0.05, 0.1) is 0 Å². The lowest BCUT2D eigenvalue weighted by Crippen LogP contribution is -2.29. The SMILES string of the molecule is CCCCCN=C1O/C(=C/C2=CC=CC(SC)C=C2)C(=O)N1CC. The van der Waals surface area contributed by atoms with Crippen molar-refractivity contribution >= 4 is 23.7 Å². The average Bonchev–Trinajstić information content (AvgIpc) is 2.75. The third-order valence-corrected chi connectivity index (χ3v) is 4.71. The third kappa shape index (κ3) is 4.87. The number of hydrogen-bond acceptors (Lipinski definition) is 4. The molecule has 4 nitrogen and oxygen atoms in total.